The molecule has 0 aromatic carbocycles. The van der Waals surface area contributed by atoms with Crippen molar-refractivity contribution < 1.29 is 9.59 Å². The van der Waals surface area contributed by atoms with Crippen molar-refractivity contribution >= 4 is 11.8 Å². The monoisotopic (exact) mass is 537 g/mol. The first-order valence-corrected chi connectivity index (χ1v) is 17.1. The van der Waals surface area contributed by atoms with Crippen LogP contribution in [0.15, 0.2) is 0 Å². The first-order valence-electron chi connectivity index (χ1n) is 17.1. The van der Waals surface area contributed by atoms with Crippen molar-refractivity contribution in [1.29, 1.82) is 0 Å². The van der Waals surface area contributed by atoms with Gasteiger partial charge in [0.25, 0.3) is 0 Å². The van der Waals surface area contributed by atoms with Gasteiger partial charge in [-0.25, -0.2) is 0 Å². The Hall–Kier alpha value is -1.06. The van der Waals surface area contributed by atoms with E-state index >= 15 is 0 Å². The van der Waals surface area contributed by atoms with E-state index in [0.717, 1.165) is 64.2 Å². The van der Waals surface area contributed by atoms with Crippen LogP contribution in [0, 0.1) is 5.41 Å². The van der Waals surface area contributed by atoms with Crippen LogP contribution in [0.25, 0.3) is 0 Å². The molecular weight excluding hydrogens is 468 g/mol. The summed E-state index contributed by atoms with van der Waals surface area (Å²) in [6.45, 7) is 4.55. The molecule has 0 aromatic heterocycles. The molecule has 0 unspecified atom stereocenters. The number of rotatable bonds is 31. The van der Waals surface area contributed by atoms with E-state index in [4.69, 9.17) is 11.5 Å². The van der Waals surface area contributed by atoms with Gasteiger partial charge < -0.3 is 11.5 Å². The largest absolute Gasteiger partial charge is 0.370 e. The molecule has 0 aliphatic heterocycles. The van der Waals surface area contributed by atoms with Crippen LogP contribution in [-0.2, 0) is 9.59 Å². The van der Waals surface area contributed by atoms with E-state index < -0.39 is 0 Å². The Morgan fingerprint density at radius 2 is 0.684 bits per heavy atom. The van der Waals surface area contributed by atoms with Gasteiger partial charge >= 0.3 is 0 Å². The van der Waals surface area contributed by atoms with Gasteiger partial charge in [0.1, 0.15) is 0 Å². The molecule has 0 saturated carbocycles. The number of unbranched alkanes of at least 4 members (excludes halogenated alkanes) is 22. The Balaban J connectivity index is 4.42. The van der Waals surface area contributed by atoms with Crippen LogP contribution >= 0.6 is 0 Å². The minimum Gasteiger partial charge on any atom is -0.370 e. The van der Waals surface area contributed by atoms with E-state index in [1.807, 2.05) is 0 Å². The molecule has 0 rings (SSSR count). The number of carbonyl (C=O) groups is 2. The minimum absolute atomic E-state index is 0.0573. The highest BCUT2D eigenvalue weighted by atomic mass is 16.1. The average Bonchev–Trinajstić information content (AvgIpc) is 2.89. The van der Waals surface area contributed by atoms with Crippen molar-refractivity contribution in [2.75, 3.05) is 0 Å². The van der Waals surface area contributed by atoms with Crippen molar-refractivity contribution in [2.45, 2.75) is 200 Å². The van der Waals surface area contributed by atoms with Crippen LogP contribution in [0.4, 0.5) is 0 Å². The normalized spacial score (nSPS) is 11.7. The number of hydrogen-bond donors (Lipinski definition) is 2. The summed E-state index contributed by atoms with van der Waals surface area (Å²) < 4.78 is 0. The third-order valence-electron chi connectivity index (χ3n) is 8.62. The molecule has 0 aliphatic rings. The van der Waals surface area contributed by atoms with Crippen LogP contribution in [0.1, 0.15) is 200 Å². The fraction of sp³-hybridized carbons (Fsp3) is 0.941. The summed E-state index contributed by atoms with van der Waals surface area (Å²) in [7, 11) is 0. The van der Waals surface area contributed by atoms with Gasteiger partial charge in [-0.2, -0.15) is 0 Å². The molecule has 226 valence electrons. The zero-order valence-electron chi connectivity index (χ0n) is 26.0. The zero-order chi connectivity index (χ0) is 28.2. The Morgan fingerprint density at radius 3 is 0.947 bits per heavy atom. The fourth-order valence-electron chi connectivity index (χ4n) is 5.94. The van der Waals surface area contributed by atoms with Gasteiger partial charge in [0, 0.05) is 11.8 Å². The number of carbonyl (C=O) groups excluding carboxylic acids is 2. The van der Waals surface area contributed by atoms with Crippen LogP contribution in [-0.4, -0.2) is 11.8 Å². The summed E-state index contributed by atoms with van der Waals surface area (Å²) in [4.78, 5) is 23.8. The predicted octanol–water partition coefficient (Wildman–Crippen LogP) is 10.3. The highest BCUT2D eigenvalue weighted by Gasteiger charge is 2.34. The van der Waals surface area contributed by atoms with Crippen LogP contribution in [0.3, 0.4) is 0 Å². The van der Waals surface area contributed by atoms with E-state index in [1.165, 1.54) is 116 Å². The first kappa shape index (κ1) is 36.9. The standard InChI is InChI=1S/C34H68N2O2/c1-3-5-7-9-11-13-15-17-21-25-29-34(33(36)38,31-27-23-19-20-24-28-32(35)37)30-26-22-18-16-14-12-10-8-6-4-2/h3-31H2,1-2H3,(H2,35,37)(H2,36,38). The second kappa shape index (κ2) is 27.5. The lowest BCUT2D eigenvalue weighted by Crippen LogP contribution is -2.37. The summed E-state index contributed by atoms with van der Waals surface area (Å²) in [5.41, 5.74) is 11.1. The van der Waals surface area contributed by atoms with Gasteiger partial charge in [-0.05, 0) is 25.7 Å². The second-order valence-corrected chi connectivity index (χ2v) is 12.2. The van der Waals surface area contributed by atoms with Crippen molar-refractivity contribution in [2.24, 2.45) is 16.9 Å². The fourth-order valence-corrected chi connectivity index (χ4v) is 5.94. The highest BCUT2D eigenvalue weighted by Crippen LogP contribution is 2.37. The summed E-state index contributed by atoms with van der Waals surface area (Å²) in [5, 5.41) is 0. The number of hydrogen-bond acceptors (Lipinski definition) is 2. The van der Waals surface area contributed by atoms with Crippen molar-refractivity contribution in [3.05, 3.63) is 0 Å². The molecule has 0 radical (unpaired) electrons. The maximum atomic E-state index is 12.8. The summed E-state index contributed by atoms with van der Waals surface area (Å²) in [5.74, 6) is -0.260. The molecule has 0 spiro atoms. The van der Waals surface area contributed by atoms with E-state index in [2.05, 4.69) is 13.8 Å². The smallest absolute Gasteiger partial charge is 0.223 e. The van der Waals surface area contributed by atoms with Crippen LogP contribution < -0.4 is 11.5 Å². The van der Waals surface area contributed by atoms with Crippen molar-refractivity contribution in [3.63, 3.8) is 0 Å². The minimum atomic E-state index is -0.312. The molecule has 4 N–H and O–H groups in total. The summed E-state index contributed by atoms with van der Waals surface area (Å²) in [6.07, 6.45) is 35.0. The highest BCUT2D eigenvalue weighted by molar-refractivity contribution is 5.80. The van der Waals surface area contributed by atoms with Gasteiger partial charge in [0.2, 0.25) is 11.8 Å². The maximum Gasteiger partial charge on any atom is 0.223 e. The zero-order valence-corrected chi connectivity index (χ0v) is 26.0. The third kappa shape index (κ3) is 22.9. The van der Waals surface area contributed by atoms with E-state index in [9.17, 15) is 9.59 Å². The lowest BCUT2D eigenvalue weighted by Gasteiger charge is -2.31. The number of primary amides is 2. The van der Waals surface area contributed by atoms with Gasteiger partial charge in [0.05, 0.1) is 0 Å². The first-order chi connectivity index (χ1) is 18.5. The predicted molar refractivity (Wildman–Crippen MR) is 166 cm³/mol. The Morgan fingerprint density at radius 1 is 0.421 bits per heavy atom. The molecule has 0 atom stereocenters. The molecule has 0 aromatic rings. The molecule has 0 fully saturated rings. The van der Waals surface area contributed by atoms with E-state index in [-0.39, 0.29) is 17.2 Å². The topological polar surface area (TPSA) is 86.2 Å². The Bertz CT molecular complexity index is 511. The van der Waals surface area contributed by atoms with Gasteiger partial charge in [-0.1, -0.05) is 168 Å². The number of nitrogens with two attached hydrogens (primary N) is 2. The molecule has 4 heteroatoms. The maximum absolute atomic E-state index is 12.8. The molecule has 0 heterocycles. The van der Waals surface area contributed by atoms with Gasteiger partial charge in [-0.15, -0.1) is 0 Å². The Labute approximate surface area is 238 Å². The SMILES string of the molecule is CCCCCCCCCCCCC(CCCCCCCCCCCC)(CCCCCCCC(N)=O)C(N)=O. The molecule has 38 heavy (non-hydrogen) atoms. The molecule has 0 saturated heterocycles. The molecule has 2 amide bonds. The van der Waals surface area contributed by atoms with E-state index in [1.54, 1.807) is 0 Å². The van der Waals surface area contributed by atoms with Crippen molar-refractivity contribution in [1.82, 2.24) is 0 Å². The van der Waals surface area contributed by atoms with Crippen LogP contribution in [0.2, 0.25) is 0 Å². The average molecular weight is 537 g/mol. The molecule has 0 aliphatic carbocycles. The second-order valence-electron chi connectivity index (χ2n) is 12.2. The molecule has 0 bridgehead atoms. The van der Waals surface area contributed by atoms with Crippen molar-refractivity contribution in [3.8, 4) is 0 Å². The molecule has 4 nitrogen and oxygen atoms in total. The summed E-state index contributed by atoms with van der Waals surface area (Å²) >= 11 is 0. The van der Waals surface area contributed by atoms with Gasteiger partial charge in [-0.3, -0.25) is 9.59 Å². The quantitative estimate of drug-likeness (QED) is 0.0863. The molecular formula is C34H68N2O2. The third-order valence-corrected chi connectivity index (χ3v) is 8.62. The Kier molecular flexibility index (Phi) is 26.7. The lowest BCUT2D eigenvalue weighted by molar-refractivity contribution is -0.129. The van der Waals surface area contributed by atoms with E-state index in [0.29, 0.717) is 6.42 Å². The lowest BCUT2D eigenvalue weighted by atomic mass is 9.73. The number of amides is 2. The summed E-state index contributed by atoms with van der Waals surface area (Å²) in [6, 6.07) is 0. The van der Waals surface area contributed by atoms with Crippen LogP contribution in [0.5, 0.6) is 0 Å². The van der Waals surface area contributed by atoms with Gasteiger partial charge in [0.15, 0.2) is 0 Å².